The molecular formula is C15H22N2O3. The topological polar surface area (TPSA) is 85.3 Å². The van der Waals surface area contributed by atoms with Gasteiger partial charge in [0.25, 0.3) is 0 Å². The summed E-state index contributed by atoms with van der Waals surface area (Å²) >= 11 is 0. The first-order chi connectivity index (χ1) is 9.51. The lowest BCUT2D eigenvalue weighted by molar-refractivity contribution is 0.0985. The van der Waals surface area contributed by atoms with Crippen LogP contribution in [-0.4, -0.2) is 12.8 Å². The molecule has 0 aliphatic heterocycles. The molecule has 5 nitrogen and oxygen atoms in total. The third kappa shape index (κ3) is 3.98. The van der Waals surface area contributed by atoms with Gasteiger partial charge in [0.1, 0.15) is 11.3 Å². The van der Waals surface area contributed by atoms with E-state index in [1.54, 1.807) is 13.0 Å². The molecule has 1 rings (SSSR count). The Morgan fingerprint density at radius 2 is 2.25 bits per heavy atom. The normalized spacial score (nSPS) is 12.6. The van der Waals surface area contributed by atoms with Gasteiger partial charge in [0.2, 0.25) is 0 Å². The van der Waals surface area contributed by atoms with Crippen LogP contribution in [-0.2, 0) is 0 Å². The number of Topliss-reactive ketones (excluding diaryl/α,β-unsaturated/α-hetero) is 1. The first-order valence-corrected chi connectivity index (χ1v) is 6.80. The number of carbonyl (C=O) groups excluding carboxylic acids is 1. The first kappa shape index (κ1) is 16.0. The Labute approximate surface area is 118 Å². The van der Waals surface area contributed by atoms with Gasteiger partial charge in [-0.3, -0.25) is 4.79 Å². The summed E-state index contributed by atoms with van der Waals surface area (Å²) in [6, 6.07) is 1.59. The highest BCUT2D eigenvalue weighted by atomic mass is 16.4. The molecule has 0 spiro atoms. The van der Waals surface area contributed by atoms with Crippen LogP contribution in [0.5, 0.6) is 0 Å². The third-order valence-corrected chi connectivity index (χ3v) is 3.14. The lowest BCUT2D eigenvalue weighted by atomic mass is 10.0. The van der Waals surface area contributed by atoms with Gasteiger partial charge in [-0.25, -0.2) is 4.79 Å². The predicted octanol–water partition coefficient (Wildman–Crippen LogP) is 2.43. The van der Waals surface area contributed by atoms with Crippen molar-refractivity contribution in [3.63, 3.8) is 0 Å². The fourth-order valence-electron chi connectivity index (χ4n) is 1.91. The van der Waals surface area contributed by atoms with E-state index in [2.05, 4.69) is 5.32 Å². The van der Waals surface area contributed by atoms with Crippen LogP contribution in [0.4, 0.5) is 5.69 Å². The van der Waals surface area contributed by atoms with Gasteiger partial charge < -0.3 is 15.5 Å². The van der Waals surface area contributed by atoms with Gasteiger partial charge in [-0.05, 0) is 19.0 Å². The molecule has 1 atom stereocenters. The zero-order valence-corrected chi connectivity index (χ0v) is 12.2. The summed E-state index contributed by atoms with van der Waals surface area (Å²) in [5.41, 5.74) is 5.35. The number of hydrogen-bond donors (Lipinski definition) is 2. The highest BCUT2D eigenvalue weighted by Crippen LogP contribution is 2.23. The number of nitrogens with two attached hydrogens (primary N) is 1. The summed E-state index contributed by atoms with van der Waals surface area (Å²) in [5, 5.41) is 2.91. The number of rotatable bonds is 7. The van der Waals surface area contributed by atoms with Crippen molar-refractivity contribution in [3.05, 3.63) is 40.1 Å². The van der Waals surface area contributed by atoms with Gasteiger partial charge in [0, 0.05) is 25.5 Å². The number of nitrogens with one attached hydrogen (secondary N) is 1. The molecule has 1 aromatic heterocycles. The van der Waals surface area contributed by atoms with Crippen LogP contribution in [0, 0.1) is 0 Å². The minimum absolute atomic E-state index is 0.0291. The monoisotopic (exact) mass is 278 g/mol. The Kier molecular flexibility index (Phi) is 6.03. The molecule has 1 unspecified atom stereocenters. The van der Waals surface area contributed by atoms with E-state index in [1.165, 1.54) is 0 Å². The van der Waals surface area contributed by atoms with Gasteiger partial charge >= 0.3 is 5.63 Å². The molecule has 0 radical (unpaired) electrons. The van der Waals surface area contributed by atoms with Gasteiger partial charge in [-0.2, -0.15) is 0 Å². The Bertz CT molecular complexity index is 547. The lowest BCUT2D eigenvalue weighted by Crippen LogP contribution is -2.18. The minimum atomic E-state index is -0.635. The number of anilines is 1. The smallest absolute Gasteiger partial charge is 0.348 e. The molecule has 0 aliphatic carbocycles. The molecule has 1 heterocycles. The molecule has 0 amide bonds. The Morgan fingerprint density at radius 1 is 1.55 bits per heavy atom. The average Bonchev–Trinajstić information content (AvgIpc) is 2.42. The number of allylic oxidation sites excluding steroid dienone is 1. The van der Waals surface area contributed by atoms with Crippen molar-refractivity contribution in [2.24, 2.45) is 0 Å². The molecule has 5 heteroatoms. The van der Waals surface area contributed by atoms with E-state index >= 15 is 0 Å². The summed E-state index contributed by atoms with van der Waals surface area (Å²) in [5.74, 6) is 0.308. The van der Waals surface area contributed by atoms with E-state index in [1.807, 2.05) is 26.2 Å². The van der Waals surface area contributed by atoms with Crippen LogP contribution in [0.2, 0.25) is 0 Å². The van der Waals surface area contributed by atoms with Crippen LogP contribution in [0.15, 0.2) is 27.6 Å². The highest BCUT2D eigenvalue weighted by molar-refractivity contribution is 5.99. The summed E-state index contributed by atoms with van der Waals surface area (Å²) in [6.45, 7) is 3.65. The molecule has 0 aliphatic rings. The predicted molar refractivity (Wildman–Crippen MR) is 79.9 cm³/mol. The molecule has 0 saturated heterocycles. The third-order valence-electron chi connectivity index (χ3n) is 3.14. The van der Waals surface area contributed by atoms with Gasteiger partial charge in [0.05, 0.1) is 5.69 Å². The number of carbonyl (C=O) groups is 1. The largest absolute Gasteiger partial charge is 0.427 e. The zero-order chi connectivity index (χ0) is 15.1. The Balaban J connectivity index is 2.90. The van der Waals surface area contributed by atoms with Crippen LogP contribution in [0.25, 0.3) is 0 Å². The number of hydrogen-bond acceptors (Lipinski definition) is 5. The molecule has 1 aromatic rings. The fourth-order valence-corrected chi connectivity index (χ4v) is 1.91. The standard InChI is InChI=1S/C15H22N2O3/c1-4-12(18)14-11(16)9-13(20-15(14)19)10(2)7-5-6-8-17-3/h6,8-10,17H,4-5,7,16H2,1-3H3/b8-6+. The molecule has 0 aromatic carbocycles. The molecule has 110 valence electrons. The fraction of sp³-hybridized carbons (Fsp3) is 0.467. The number of ketones is 1. The van der Waals surface area contributed by atoms with E-state index in [4.69, 9.17) is 10.2 Å². The van der Waals surface area contributed by atoms with Crippen molar-refractivity contribution in [1.82, 2.24) is 5.32 Å². The molecule has 20 heavy (non-hydrogen) atoms. The van der Waals surface area contributed by atoms with Crippen molar-refractivity contribution in [2.45, 2.75) is 39.0 Å². The highest BCUT2D eigenvalue weighted by Gasteiger charge is 2.18. The number of nitrogen functional groups attached to an aromatic ring is 1. The van der Waals surface area contributed by atoms with E-state index < -0.39 is 5.63 Å². The van der Waals surface area contributed by atoms with Crippen molar-refractivity contribution >= 4 is 11.5 Å². The van der Waals surface area contributed by atoms with Crippen molar-refractivity contribution in [1.29, 1.82) is 0 Å². The second-order valence-corrected chi connectivity index (χ2v) is 4.71. The summed E-state index contributed by atoms with van der Waals surface area (Å²) in [6.07, 6.45) is 5.80. The van der Waals surface area contributed by atoms with E-state index in [-0.39, 0.29) is 29.4 Å². The molecular weight excluding hydrogens is 256 g/mol. The zero-order valence-electron chi connectivity index (χ0n) is 12.2. The summed E-state index contributed by atoms with van der Waals surface area (Å²) in [4.78, 5) is 23.5. The van der Waals surface area contributed by atoms with Crippen LogP contribution in [0.1, 0.15) is 55.1 Å². The maximum absolute atomic E-state index is 11.9. The Hall–Kier alpha value is -2.04. The minimum Gasteiger partial charge on any atom is -0.427 e. The quantitative estimate of drug-likeness (QED) is 0.748. The van der Waals surface area contributed by atoms with E-state index in [0.717, 1.165) is 12.8 Å². The van der Waals surface area contributed by atoms with Crippen LogP contribution >= 0.6 is 0 Å². The van der Waals surface area contributed by atoms with Gasteiger partial charge in [-0.1, -0.05) is 19.9 Å². The van der Waals surface area contributed by atoms with Gasteiger partial charge in [-0.15, -0.1) is 0 Å². The van der Waals surface area contributed by atoms with Crippen molar-refractivity contribution in [3.8, 4) is 0 Å². The Morgan fingerprint density at radius 3 is 2.80 bits per heavy atom. The maximum atomic E-state index is 11.9. The first-order valence-electron chi connectivity index (χ1n) is 6.80. The second kappa shape index (κ2) is 7.53. The van der Waals surface area contributed by atoms with Crippen LogP contribution < -0.4 is 16.7 Å². The molecule has 3 N–H and O–H groups in total. The average molecular weight is 278 g/mol. The van der Waals surface area contributed by atoms with Gasteiger partial charge in [0.15, 0.2) is 5.78 Å². The van der Waals surface area contributed by atoms with E-state index in [9.17, 15) is 9.59 Å². The summed E-state index contributed by atoms with van der Waals surface area (Å²) < 4.78 is 5.23. The van der Waals surface area contributed by atoms with E-state index in [0.29, 0.717) is 5.76 Å². The second-order valence-electron chi connectivity index (χ2n) is 4.71. The van der Waals surface area contributed by atoms with Crippen molar-refractivity contribution in [2.75, 3.05) is 12.8 Å². The SMILES string of the molecule is CCC(=O)c1c(N)cc(C(C)CC/C=C/NC)oc1=O. The molecule has 0 fully saturated rings. The summed E-state index contributed by atoms with van der Waals surface area (Å²) in [7, 11) is 1.84. The maximum Gasteiger partial charge on any atom is 0.348 e. The molecule has 0 saturated carbocycles. The molecule has 0 bridgehead atoms. The van der Waals surface area contributed by atoms with Crippen molar-refractivity contribution < 1.29 is 9.21 Å². The van der Waals surface area contributed by atoms with Crippen LogP contribution in [0.3, 0.4) is 0 Å². The lowest BCUT2D eigenvalue weighted by Gasteiger charge is -2.11.